The molecule has 9 heteroatoms. The highest BCUT2D eigenvalue weighted by Crippen LogP contribution is 2.30. The van der Waals surface area contributed by atoms with E-state index in [-0.39, 0.29) is 23.5 Å². The minimum Gasteiger partial charge on any atom is -0.326 e. The molecule has 1 aromatic carbocycles. The van der Waals surface area contributed by atoms with Crippen LogP contribution in [-0.2, 0) is 21.9 Å². The minimum absolute atomic E-state index is 0.0459. The van der Waals surface area contributed by atoms with Gasteiger partial charge in [-0.2, -0.15) is 5.10 Å². The summed E-state index contributed by atoms with van der Waals surface area (Å²) >= 11 is 0. The summed E-state index contributed by atoms with van der Waals surface area (Å²) in [6, 6.07) is 6.99. The third-order valence-corrected chi connectivity index (χ3v) is 7.10. The Morgan fingerprint density at radius 3 is 2.67 bits per heavy atom. The highest BCUT2D eigenvalue weighted by molar-refractivity contribution is 7.93. The molecule has 2 atom stereocenters. The van der Waals surface area contributed by atoms with Gasteiger partial charge < -0.3 is 10.6 Å². The van der Waals surface area contributed by atoms with Crippen molar-refractivity contribution in [3.63, 3.8) is 0 Å². The number of hydrogen-bond donors (Lipinski definition) is 2. The summed E-state index contributed by atoms with van der Waals surface area (Å²) in [7, 11) is -1.33. The number of amides is 1. The fraction of sp³-hybridized carbons (Fsp3) is 0.444. The van der Waals surface area contributed by atoms with E-state index >= 15 is 0 Å². The lowest BCUT2D eigenvalue weighted by Crippen LogP contribution is -2.28. The van der Waals surface area contributed by atoms with Crippen LogP contribution in [0.25, 0.3) is 0 Å². The van der Waals surface area contributed by atoms with Crippen LogP contribution < -0.4 is 14.9 Å². The first-order valence-corrected chi connectivity index (χ1v) is 10.7. The van der Waals surface area contributed by atoms with Crippen molar-refractivity contribution in [3.05, 3.63) is 42.2 Å². The Morgan fingerprint density at radius 1 is 1.26 bits per heavy atom. The molecule has 2 aliphatic heterocycles. The van der Waals surface area contributed by atoms with Crippen LogP contribution >= 0.6 is 0 Å². The van der Waals surface area contributed by atoms with Crippen molar-refractivity contribution in [1.29, 1.82) is 0 Å². The van der Waals surface area contributed by atoms with Gasteiger partial charge in [-0.3, -0.25) is 13.8 Å². The number of carbonyl (C=O) groups is 1. The Hall–Kier alpha value is -2.39. The lowest BCUT2D eigenvalue weighted by molar-refractivity contribution is -0.119. The maximum atomic E-state index is 12.8. The third-order valence-electron chi connectivity index (χ3n) is 5.23. The zero-order valence-corrected chi connectivity index (χ0v) is 15.9. The molecule has 2 fully saturated rings. The first kappa shape index (κ1) is 18.0. The van der Waals surface area contributed by atoms with Crippen molar-refractivity contribution >= 4 is 27.3 Å². The first-order valence-electron chi connectivity index (χ1n) is 9.05. The molecule has 3 heterocycles. The number of nitrogens with one attached hydrogen (secondary N) is 2. The zero-order chi connectivity index (χ0) is 19.0. The van der Waals surface area contributed by atoms with Crippen LogP contribution in [0.3, 0.4) is 0 Å². The van der Waals surface area contributed by atoms with Crippen molar-refractivity contribution in [3.8, 4) is 0 Å². The summed E-state index contributed by atoms with van der Waals surface area (Å²) in [6.07, 6.45) is 4.40. The fourth-order valence-electron chi connectivity index (χ4n) is 3.81. The second kappa shape index (κ2) is 6.97. The molecular weight excluding hydrogens is 366 g/mol. The average Bonchev–Trinajstić information content (AvgIpc) is 3.34. The normalized spacial score (nSPS) is 24.3. The smallest absolute Gasteiger partial charge is 0.235 e. The molecule has 8 nitrogen and oxygen atoms in total. The van der Waals surface area contributed by atoms with Crippen molar-refractivity contribution in [2.75, 3.05) is 35.0 Å². The Balaban J connectivity index is 1.45. The summed E-state index contributed by atoms with van der Waals surface area (Å²) in [5, 5.41) is 10.4. The van der Waals surface area contributed by atoms with Crippen LogP contribution in [-0.4, -0.2) is 49.5 Å². The van der Waals surface area contributed by atoms with E-state index in [9.17, 15) is 13.2 Å². The third kappa shape index (κ3) is 3.57. The number of benzene rings is 1. The molecule has 1 amide bonds. The molecule has 2 aromatic rings. The van der Waals surface area contributed by atoms with Gasteiger partial charge in [0.15, 0.2) is 0 Å². The molecule has 2 N–H and O–H groups in total. The molecule has 0 spiro atoms. The van der Waals surface area contributed by atoms with Gasteiger partial charge in [0.25, 0.3) is 0 Å². The first-order chi connectivity index (χ1) is 12.9. The summed E-state index contributed by atoms with van der Waals surface area (Å²) in [5.74, 6) is 0.0616. The molecule has 27 heavy (non-hydrogen) atoms. The number of rotatable bonds is 4. The molecule has 0 unspecified atom stereocenters. The van der Waals surface area contributed by atoms with Gasteiger partial charge in [0, 0.05) is 44.5 Å². The van der Waals surface area contributed by atoms with Gasteiger partial charge in [-0.15, -0.1) is 0 Å². The van der Waals surface area contributed by atoms with E-state index in [2.05, 4.69) is 15.7 Å². The summed E-state index contributed by atoms with van der Waals surface area (Å²) in [4.78, 5) is 12.8. The second-order valence-electron chi connectivity index (χ2n) is 7.10. The number of carbonyl (C=O) groups excluding carboxylic acids is 1. The predicted octanol–water partition coefficient (Wildman–Crippen LogP) is 0.902. The maximum absolute atomic E-state index is 12.8. The van der Waals surface area contributed by atoms with Gasteiger partial charge >= 0.3 is 0 Å². The molecule has 0 radical (unpaired) electrons. The Bertz CT molecular complexity index is 938. The fourth-order valence-corrected chi connectivity index (χ4v) is 5.38. The van der Waals surface area contributed by atoms with E-state index in [1.165, 1.54) is 4.31 Å². The molecule has 144 valence electrons. The molecule has 0 aliphatic carbocycles. The van der Waals surface area contributed by atoms with Crippen LogP contribution in [0.1, 0.15) is 17.9 Å². The summed E-state index contributed by atoms with van der Waals surface area (Å²) in [5.41, 5.74) is 2.36. The van der Waals surface area contributed by atoms with E-state index in [1.807, 2.05) is 19.4 Å². The van der Waals surface area contributed by atoms with Crippen LogP contribution in [0.15, 0.2) is 36.7 Å². The Labute approximate surface area is 158 Å². The van der Waals surface area contributed by atoms with Gasteiger partial charge in [0.1, 0.15) is 0 Å². The second-order valence-corrected chi connectivity index (χ2v) is 9.11. The van der Waals surface area contributed by atoms with Crippen LogP contribution in [0.2, 0.25) is 0 Å². The predicted molar refractivity (Wildman–Crippen MR) is 103 cm³/mol. The van der Waals surface area contributed by atoms with E-state index in [1.54, 1.807) is 28.9 Å². The highest BCUT2D eigenvalue weighted by Gasteiger charge is 2.35. The van der Waals surface area contributed by atoms with E-state index in [0.29, 0.717) is 30.9 Å². The van der Waals surface area contributed by atoms with E-state index < -0.39 is 10.0 Å². The topological polar surface area (TPSA) is 96.3 Å². The quantitative estimate of drug-likeness (QED) is 0.810. The maximum Gasteiger partial charge on any atom is 0.235 e. The minimum atomic E-state index is -3.20. The van der Waals surface area contributed by atoms with Crippen molar-refractivity contribution in [2.45, 2.75) is 12.3 Å². The molecule has 2 saturated heterocycles. The van der Waals surface area contributed by atoms with Crippen molar-refractivity contribution in [1.82, 2.24) is 15.1 Å². The molecule has 2 aliphatic rings. The number of aromatic nitrogens is 2. The van der Waals surface area contributed by atoms with Gasteiger partial charge in [-0.05, 0) is 36.2 Å². The van der Waals surface area contributed by atoms with Crippen LogP contribution in [0.4, 0.5) is 11.4 Å². The molecule has 4 rings (SSSR count). The van der Waals surface area contributed by atoms with Crippen molar-refractivity contribution < 1.29 is 13.2 Å². The number of nitrogens with zero attached hydrogens (tertiary/aromatic N) is 3. The molecule has 0 bridgehead atoms. The summed E-state index contributed by atoms with van der Waals surface area (Å²) in [6.45, 7) is 1.87. The van der Waals surface area contributed by atoms with E-state index in [0.717, 1.165) is 12.1 Å². The lowest BCUT2D eigenvalue weighted by Gasteiger charge is -2.19. The Kier molecular flexibility index (Phi) is 4.65. The Morgan fingerprint density at radius 2 is 2.04 bits per heavy atom. The number of sulfonamides is 1. The molecule has 1 aromatic heterocycles. The number of hydrogen-bond acceptors (Lipinski definition) is 5. The molecular formula is C18H23N5O3S. The van der Waals surface area contributed by atoms with Crippen molar-refractivity contribution in [2.24, 2.45) is 13.0 Å². The summed E-state index contributed by atoms with van der Waals surface area (Å²) < 4.78 is 27.2. The van der Waals surface area contributed by atoms with E-state index in [4.69, 9.17) is 0 Å². The monoisotopic (exact) mass is 389 g/mol. The number of aryl methyl sites for hydroxylation is 1. The number of anilines is 2. The van der Waals surface area contributed by atoms with Gasteiger partial charge in [-0.1, -0.05) is 0 Å². The standard InChI is InChI=1S/C18H23N5O3S/c1-22-12-13(9-20-22)16-10-19-11-17(16)18(24)21-14-3-5-15(6-4-14)23-7-2-8-27(23,25)26/h3-6,9,12,16-17,19H,2,7-8,10-11H2,1H3,(H,21,24)/t16-,17+/m1/s1. The SMILES string of the molecule is Cn1cc([C@H]2CNC[C@@H]2C(=O)Nc2ccc(N3CCCS3(=O)=O)cc2)cn1. The van der Waals surface area contributed by atoms with Gasteiger partial charge in [-0.25, -0.2) is 8.42 Å². The lowest BCUT2D eigenvalue weighted by atomic mass is 9.90. The molecule has 0 saturated carbocycles. The largest absolute Gasteiger partial charge is 0.326 e. The highest BCUT2D eigenvalue weighted by atomic mass is 32.2. The zero-order valence-electron chi connectivity index (χ0n) is 15.1. The van der Waals surface area contributed by atoms with Gasteiger partial charge in [0.2, 0.25) is 15.9 Å². The van der Waals surface area contributed by atoms with Gasteiger partial charge in [0.05, 0.1) is 23.6 Å². The van der Waals surface area contributed by atoms with Crippen LogP contribution in [0, 0.1) is 5.92 Å². The average molecular weight is 389 g/mol. The van der Waals surface area contributed by atoms with Crippen LogP contribution in [0.5, 0.6) is 0 Å².